The van der Waals surface area contributed by atoms with Gasteiger partial charge < -0.3 is 9.47 Å². The molecule has 46 heavy (non-hydrogen) atoms. The summed E-state index contributed by atoms with van der Waals surface area (Å²) in [7, 11) is 0. The molecule has 0 aliphatic carbocycles. The Morgan fingerprint density at radius 3 is 1.67 bits per heavy atom. The highest BCUT2D eigenvalue weighted by Gasteiger charge is 2.35. The zero-order chi connectivity index (χ0) is 33.2. The van der Waals surface area contributed by atoms with Crippen molar-refractivity contribution in [3.63, 3.8) is 0 Å². The van der Waals surface area contributed by atoms with Gasteiger partial charge in [-0.05, 0) is 58.7 Å². The smallest absolute Gasteiger partial charge is 0.406 e. The Morgan fingerprint density at radius 2 is 1.07 bits per heavy atom. The Morgan fingerprint density at radius 1 is 0.500 bits per heavy atom. The molecule has 0 bridgehead atoms. The molecule has 5 aromatic carbocycles. The first kappa shape index (κ1) is 31.5. The summed E-state index contributed by atoms with van der Waals surface area (Å²) < 4.78 is 86.0. The number of halogens is 6. The van der Waals surface area contributed by atoms with E-state index in [4.69, 9.17) is 0 Å². The zero-order valence-corrected chi connectivity index (χ0v) is 23.0. The normalized spacial score (nSPS) is 11.6. The number of benzene rings is 5. The predicted octanol–water partition coefficient (Wildman–Crippen LogP) is 9.97. The lowest BCUT2D eigenvalue weighted by atomic mass is 9.83. The molecule has 0 aliphatic heterocycles. The van der Waals surface area contributed by atoms with Gasteiger partial charge in [0.05, 0.1) is 26.5 Å². The number of ether oxygens (including phenoxy) is 2. The van der Waals surface area contributed by atoms with E-state index in [-0.39, 0.29) is 38.9 Å². The molecule has 14 heteroatoms. The van der Waals surface area contributed by atoms with Crippen LogP contribution >= 0.6 is 0 Å². The first-order valence-corrected chi connectivity index (χ1v) is 13.1. The van der Waals surface area contributed by atoms with Crippen LogP contribution in [0.2, 0.25) is 0 Å². The monoisotopic (exact) mass is 640 g/mol. The van der Waals surface area contributed by atoms with Crippen LogP contribution in [0.25, 0.3) is 44.5 Å². The SMILES string of the molecule is O=[N+]([O-])c1ccccc1-c1cc(-c2ccccc2)c(-c2cccc(OC(F)(F)F)c2)c([N+](=O)[O-])c1-c1ccc(OC(F)(F)F)cc1. The Kier molecular flexibility index (Phi) is 8.37. The molecule has 8 nitrogen and oxygen atoms in total. The van der Waals surface area contributed by atoms with Gasteiger partial charge >= 0.3 is 12.7 Å². The third kappa shape index (κ3) is 6.90. The summed E-state index contributed by atoms with van der Waals surface area (Å²) in [5.74, 6) is -1.31. The molecule has 0 saturated heterocycles. The number of alkyl halides is 6. The number of nitro benzene ring substituents is 2. The highest BCUT2D eigenvalue weighted by molar-refractivity contribution is 6.04. The van der Waals surface area contributed by atoms with Crippen molar-refractivity contribution in [2.75, 3.05) is 0 Å². The topological polar surface area (TPSA) is 105 Å². The van der Waals surface area contributed by atoms with Gasteiger partial charge in [-0.25, -0.2) is 0 Å². The van der Waals surface area contributed by atoms with Crippen LogP contribution in [-0.4, -0.2) is 22.6 Å². The van der Waals surface area contributed by atoms with Crippen molar-refractivity contribution < 1.29 is 45.7 Å². The Labute approximate surface area is 255 Å². The number of hydrogen-bond donors (Lipinski definition) is 0. The summed E-state index contributed by atoms with van der Waals surface area (Å²) in [4.78, 5) is 23.6. The summed E-state index contributed by atoms with van der Waals surface area (Å²) in [6.45, 7) is 0. The van der Waals surface area contributed by atoms with Gasteiger partial charge in [0, 0.05) is 11.6 Å². The number of hydrogen-bond acceptors (Lipinski definition) is 6. The Bertz CT molecular complexity index is 1930. The van der Waals surface area contributed by atoms with E-state index in [1.165, 1.54) is 42.5 Å². The van der Waals surface area contributed by atoms with Crippen LogP contribution in [0.15, 0.2) is 109 Å². The average Bonchev–Trinajstić information content (AvgIpc) is 2.99. The van der Waals surface area contributed by atoms with Gasteiger partial charge in [-0.15, -0.1) is 26.3 Å². The second-order valence-electron chi connectivity index (χ2n) is 9.62. The molecule has 0 saturated carbocycles. The highest BCUT2D eigenvalue weighted by Crippen LogP contribution is 2.51. The van der Waals surface area contributed by atoms with Gasteiger partial charge in [0.1, 0.15) is 11.5 Å². The summed E-state index contributed by atoms with van der Waals surface area (Å²) in [5, 5.41) is 25.1. The maximum atomic E-state index is 13.1. The maximum absolute atomic E-state index is 13.1. The van der Waals surface area contributed by atoms with Gasteiger partial charge in [0.2, 0.25) is 0 Å². The number of nitro groups is 2. The molecule has 0 radical (unpaired) electrons. The zero-order valence-electron chi connectivity index (χ0n) is 23.0. The third-order valence-corrected chi connectivity index (χ3v) is 6.69. The minimum Gasteiger partial charge on any atom is -0.406 e. The van der Waals surface area contributed by atoms with Crippen molar-refractivity contribution in [1.29, 1.82) is 0 Å². The average molecular weight is 640 g/mol. The molecule has 0 fully saturated rings. The molecule has 0 aromatic heterocycles. The third-order valence-electron chi connectivity index (χ3n) is 6.69. The van der Waals surface area contributed by atoms with Crippen LogP contribution in [0.5, 0.6) is 11.5 Å². The second kappa shape index (κ2) is 12.2. The summed E-state index contributed by atoms with van der Waals surface area (Å²) >= 11 is 0. The first-order valence-electron chi connectivity index (χ1n) is 13.1. The molecule has 0 heterocycles. The summed E-state index contributed by atoms with van der Waals surface area (Å²) in [5.41, 5.74) is -1.20. The van der Waals surface area contributed by atoms with Crippen molar-refractivity contribution in [1.82, 2.24) is 0 Å². The van der Waals surface area contributed by atoms with Crippen LogP contribution in [0, 0.1) is 20.2 Å². The quantitative estimate of drug-likeness (QED) is 0.0950. The largest absolute Gasteiger partial charge is 0.573 e. The Balaban J connectivity index is 1.93. The molecule has 0 unspecified atom stereocenters. The van der Waals surface area contributed by atoms with Crippen LogP contribution in [0.1, 0.15) is 0 Å². The van der Waals surface area contributed by atoms with Crippen LogP contribution in [0.4, 0.5) is 37.7 Å². The van der Waals surface area contributed by atoms with Gasteiger partial charge in [0.25, 0.3) is 11.4 Å². The molecule has 5 rings (SSSR count). The van der Waals surface area contributed by atoms with E-state index in [0.717, 1.165) is 36.4 Å². The molecule has 234 valence electrons. The maximum Gasteiger partial charge on any atom is 0.573 e. The fourth-order valence-corrected chi connectivity index (χ4v) is 5.03. The van der Waals surface area contributed by atoms with Crippen molar-refractivity contribution in [3.05, 3.63) is 129 Å². The van der Waals surface area contributed by atoms with Crippen LogP contribution in [0.3, 0.4) is 0 Å². The minimum atomic E-state index is -5.08. The molecular formula is C32H18F6N2O6. The lowest BCUT2D eigenvalue weighted by molar-refractivity contribution is -0.384. The summed E-state index contributed by atoms with van der Waals surface area (Å²) in [6.07, 6.45) is -10.1. The Hall–Kier alpha value is -5.92. The number of rotatable bonds is 8. The molecule has 0 atom stereocenters. The van der Waals surface area contributed by atoms with Crippen molar-refractivity contribution >= 4 is 11.4 Å². The molecule has 0 N–H and O–H groups in total. The van der Waals surface area contributed by atoms with E-state index in [1.807, 2.05) is 0 Å². The standard InChI is InChI=1S/C32H18F6N2O6/c33-31(34,35)45-22-15-13-20(14-16-22)28-26(24-11-4-5-12-27(24)39(41)42)18-25(19-7-2-1-3-8-19)29(30(28)40(43)44)21-9-6-10-23(17-21)46-32(36,37)38/h1-18H. The van der Waals surface area contributed by atoms with E-state index >= 15 is 0 Å². The molecule has 0 spiro atoms. The lowest BCUT2D eigenvalue weighted by Crippen LogP contribution is -2.17. The highest BCUT2D eigenvalue weighted by atomic mass is 19.4. The number of para-hydroxylation sites is 1. The van der Waals surface area contributed by atoms with Crippen LogP contribution < -0.4 is 9.47 Å². The fourth-order valence-electron chi connectivity index (χ4n) is 5.03. The van der Waals surface area contributed by atoms with E-state index in [0.29, 0.717) is 5.56 Å². The fraction of sp³-hybridized carbons (Fsp3) is 0.0625. The van der Waals surface area contributed by atoms with Gasteiger partial charge in [-0.1, -0.05) is 66.7 Å². The minimum absolute atomic E-state index is 0.0297. The molecule has 0 amide bonds. The molecule has 5 aromatic rings. The first-order chi connectivity index (χ1) is 21.7. The summed E-state index contributed by atoms with van der Waals surface area (Å²) in [6, 6.07) is 23.4. The number of nitrogens with zero attached hydrogens (tertiary/aromatic N) is 2. The van der Waals surface area contributed by atoms with Crippen molar-refractivity contribution in [3.8, 4) is 56.0 Å². The van der Waals surface area contributed by atoms with Crippen molar-refractivity contribution in [2.24, 2.45) is 0 Å². The van der Waals surface area contributed by atoms with Crippen LogP contribution in [-0.2, 0) is 0 Å². The van der Waals surface area contributed by atoms with E-state index in [9.17, 15) is 46.6 Å². The van der Waals surface area contributed by atoms with Gasteiger partial charge in [-0.2, -0.15) is 0 Å². The lowest BCUT2D eigenvalue weighted by Gasteiger charge is -2.20. The van der Waals surface area contributed by atoms with E-state index in [1.54, 1.807) is 30.3 Å². The van der Waals surface area contributed by atoms with Gasteiger partial charge in [0.15, 0.2) is 0 Å². The molecule has 0 aliphatic rings. The van der Waals surface area contributed by atoms with Crippen molar-refractivity contribution in [2.45, 2.75) is 12.7 Å². The molecular weight excluding hydrogens is 622 g/mol. The predicted molar refractivity (Wildman–Crippen MR) is 155 cm³/mol. The van der Waals surface area contributed by atoms with E-state index in [2.05, 4.69) is 9.47 Å². The van der Waals surface area contributed by atoms with E-state index < -0.39 is 45.4 Å². The van der Waals surface area contributed by atoms with Gasteiger partial charge in [-0.3, -0.25) is 20.2 Å². The second-order valence-corrected chi connectivity index (χ2v) is 9.62.